The van der Waals surface area contributed by atoms with E-state index in [-0.39, 0.29) is 5.24 Å². The fourth-order valence-corrected chi connectivity index (χ4v) is 1.66. The molecular weight excluding hydrogens is 218 g/mol. The quantitative estimate of drug-likeness (QED) is 0.753. The van der Waals surface area contributed by atoms with Gasteiger partial charge >= 0.3 is 0 Å². The van der Waals surface area contributed by atoms with Crippen molar-refractivity contribution in [1.29, 1.82) is 0 Å². The first-order chi connectivity index (χ1) is 7.75. The Bertz CT molecular complexity index is 496. The summed E-state index contributed by atoms with van der Waals surface area (Å²) in [4.78, 5) is 10.8. The number of carbonyl (C=O) groups excluding carboxylic acids is 1. The zero-order chi connectivity index (χ0) is 11.4. The monoisotopic (exact) mass is 229 g/mol. The second kappa shape index (κ2) is 4.86. The van der Waals surface area contributed by atoms with Crippen LogP contribution in [0.25, 0.3) is 11.1 Å². The number of hydrogen-bond donors (Lipinski definition) is 2. The molecule has 0 aliphatic carbocycles. The van der Waals surface area contributed by atoms with Crippen LogP contribution in [0.1, 0.15) is 0 Å². The molecule has 0 saturated carbocycles. The molecule has 0 atom stereocenters. The lowest BCUT2D eigenvalue weighted by Crippen LogP contribution is -2.00. The van der Waals surface area contributed by atoms with Gasteiger partial charge in [-0.3, -0.25) is 4.79 Å². The van der Waals surface area contributed by atoms with Crippen molar-refractivity contribution in [3.8, 4) is 11.1 Å². The highest BCUT2D eigenvalue weighted by molar-refractivity contribution is 7.96. The van der Waals surface area contributed by atoms with Gasteiger partial charge in [0.15, 0.2) is 0 Å². The van der Waals surface area contributed by atoms with Gasteiger partial charge in [0, 0.05) is 5.69 Å². The minimum Gasteiger partial charge on any atom is -0.317 e. The second-order valence-electron chi connectivity index (χ2n) is 3.38. The average Bonchev–Trinajstić information content (AvgIpc) is 2.30. The Balaban J connectivity index is 2.33. The fourth-order valence-electron chi connectivity index (χ4n) is 1.53. The number of thiol groups is 1. The van der Waals surface area contributed by atoms with Gasteiger partial charge in [-0.25, -0.2) is 0 Å². The fraction of sp³-hybridized carbons (Fsp3) is 0. The molecule has 0 heterocycles. The summed E-state index contributed by atoms with van der Waals surface area (Å²) in [5, 5.41) is 2.28. The van der Waals surface area contributed by atoms with Gasteiger partial charge in [0.1, 0.15) is 0 Å². The van der Waals surface area contributed by atoms with Crippen molar-refractivity contribution in [2.75, 3.05) is 5.32 Å². The summed E-state index contributed by atoms with van der Waals surface area (Å²) in [6.45, 7) is 0. The third-order valence-corrected chi connectivity index (χ3v) is 2.33. The molecule has 1 N–H and O–H groups in total. The summed E-state index contributed by atoms with van der Waals surface area (Å²) in [6.07, 6.45) is 0. The van der Waals surface area contributed by atoms with E-state index in [9.17, 15) is 4.79 Å². The number of benzene rings is 2. The maximum absolute atomic E-state index is 10.8. The molecule has 3 heteroatoms. The Labute approximate surface area is 99.7 Å². The molecule has 0 aliphatic heterocycles. The third-order valence-electron chi connectivity index (χ3n) is 2.22. The number of amides is 1. The van der Waals surface area contributed by atoms with Crippen LogP contribution >= 0.6 is 12.6 Å². The van der Waals surface area contributed by atoms with E-state index in [1.807, 2.05) is 54.6 Å². The molecule has 0 unspecified atom stereocenters. The molecule has 2 aromatic rings. The summed E-state index contributed by atoms with van der Waals surface area (Å²) < 4.78 is 0. The van der Waals surface area contributed by atoms with E-state index in [1.165, 1.54) is 0 Å². The number of rotatable bonds is 2. The molecule has 0 aliphatic rings. The van der Waals surface area contributed by atoms with Crippen molar-refractivity contribution in [1.82, 2.24) is 0 Å². The summed E-state index contributed by atoms with van der Waals surface area (Å²) in [5.41, 5.74) is 2.94. The molecule has 2 rings (SSSR count). The molecule has 0 spiro atoms. The zero-order valence-corrected chi connectivity index (χ0v) is 9.45. The first-order valence-corrected chi connectivity index (χ1v) is 5.36. The highest BCUT2D eigenvalue weighted by atomic mass is 32.1. The third kappa shape index (κ3) is 2.64. The number of hydrogen-bond acceptors (Lipinski definition) is 1. The van der Waals surface area contributed by atoms with Crippen LogP contribution in [0.3, 0.4) is 0 Å². The Morgan fingerprint density at radius 2 is 1.62 bits per heavy atom. The summed E-state index contributed by atoms with van der Waals surface area (Å²) in [6, 6.07) is 17.7. The molecule has 0 saturated heterocycles. The van der Waals surface area contributed by atoms with Crippen molar-refractivity contribution >= 4 is 23.6 Å². The Kier molecular flexibility index (Phi) is 3.27. The molecule has 0 fully saturated rings. The predicted octanol–water partition coefficient (Wildman–Crippen LogP) is 3.82. The molecule has 0 aromatic heterocycles. The lowest BCUT2D eigenvalue weighted by Gasteiger charge is -2.05. The van der Waals surface area contributed by atoms with Gasteiger partial charge in [0.25, 0.3) is 5.24 Å². The molecular formula is C13H11NOS. The maximum Gasteiger partial charge on any atom is 0.280 e. The first-order valence-electron chi connectivity index (χ1n) is 4.91. The Morgan fingerprint density at radius 3 is 2.31 bits per heavy atom. The standard InChI is InChI=1S/C13H11NOS/c15-13(16)14-12-8-4-7-11(9-12)10-5-2-1-3-6-10/h1-9H,(H2,14,15,16). The molecule has 2 nitrogen and oxygen atoms in total. The van der Waals surface area contributed by atoms with Crippen molar-refractivity contribution in [3.05, 3.63) is 54.6 Å². The largest absolute Gasteiger partial charge is 0.317 e. The van der Waals surface area contributed by atoms with Crippen LogP contribution < -0.4 is 5.32 Å². The van der Waals surface area contributed by atoms with Gasteiger partial charge in [0.2, 0.25) is 0 Å². The van der Waals surface area contributed by atoms with Gasteiger partial charge < -0.3 is 5.32 Å². The van der Waals surface area contributed by atoms with Crippen molar-refractivity contribution in [2.45, 2.75) is 0 Å². The number of carbonyl (C=O) groups is 1. The minimum absolute atomic E-state index is 0.356. The molecule has 1 amide bonds. The predicted molar refractivity (Wildman–Crippen MR) is 69.9 cm³/mol. The molecule has 16 heavy (non-hydrogen) atoms. The molecule has 0 bridgehead atoms. The van der Waals surface area contributed by atoms with Crippen molar-refractivity contribution in [3.63, 3.8) is 0 Å². The van der Waals surface area contributed by atoms with Crippen molar-refractivity contribution in [2.24, 2.45) is 0 Å². The summed E-state index contributed by atoms with van der Waals surface area (Å²) in [7, 11) is 0. The van der Waals surface area contributed by atoms with Crippen LogP contribution in [0.4, 0.5) is 10.5 Å². The topological polar surface area (TPSA) is 29.1 Å². The second-order valence-corrected chi connectivity index (χ2v) is 3.78. The van der Waals surface area contributed by atoms with E-state index in [4.69, 9.17) is 0 Å². The van der Waals surface area contributed by atoms with E-state index in [0.717, 1.165) is 16.8 Å². The Morgan fingerprint density at radius 1 is 0.938 bits per heavy atom. The smallest absolute Gasteiger partial charge is 0.280 e. The van der Waals surface area contributed by atoms with Gasteiger partial charge in [-0.05, 0) is 23.3 Å². The van der Waals surface area contributed by atoms with Gasteiger partial charge in [-0.1, -0.05) is 55.1 Å². The lowest BCUT2D eigenvalue weighted by atomic mass is 10.1. The van der Waals surface area contributed by atoms with Gasteiger partial charge in [-0.2, -0.15) is 0 Å². The van der Waals surface area contributed by atoms with E-state index in [2.05, 4.69) is 17.9 Å². The molecule has 0 radical (unpaired) electrons. The van der Waals surface area contributed by atoms with Crippen LogP contribution in [0.15, 0.2) is 54.6 Å². The van der Waals surface area contributed by atoms with E-state index in [0.29, 0.717) is 0 Å². The van der Waals surface area contributed by atoms with Crippen LogP contribution in [-0.2, 0) is 0 Å². The Hall–Kier alpha value is -1.74. The van der Waals surface area contributed by atoms with E-state index >= 15 is 0 Å². The number of anilines is 1. The summed E-state index contributed by atoms with van der Waals surface area (Å²) >= 11 is 3.68. The first kappa shape index (κ1) is 10.8. The average molecular weight is 229 g/mol. The van der Waals surface area contributed by atoms with Crippen LogP contribution in [0.2, 0.25) is 0 Å². The number of nitrogens with one attached hydrogen (secondary N) is 1. The van der Waals surface area contributed by atoms with Crippen LogP contribution in [-0.4, -0.2) is 5.24 Å². The van der Waals surface area contributed by atoms with Crippen LogP contribution in [0, 0.1) is 0 Å². The normalized spacial score (nSPS) is 9.81. The van der Waals surface area contributed by atoms with E-state index < -0.39 is 0 Å². The molecule has 2 aromatic carbocycles. The minimum atomic E-state index is -0.356. The van der Waals surface area contributed by atoms with Crippen molar-refractivity contribution < 1.29 is 4.79 Å². The SMILES string of the molecule is O=C(S)Nc1cccc(-c2ccccc2)c1. The highest BCUT2D eigenvalue weighted by Crippen LogP contribution is 2.22. The molecule has 80 valence electrons. The lowest BCUT2D eigenvalue weighted by molar-refractivity contribution is 0.270. The van der Waals surface area contributed by atoms with E-state index in [1.54, 1.807) is 0 Å². The zero-order valence-electron chi connectivity index (χ0n) is 8.55. The maximum atomic E-state index is 10.8. The highest BCUT2D eigenvalue weighted by Gasteiger charge is 1.99. The summed E-state index contributed by atoms with van der Waals surface area (Å²) in [5.74, 6) is 0. The van der Waals surface area contributed by atoms with Gasteiger partial charge in [0.05, 0.1) is 0 Å². The van der Waals surface area contributed by atoms with Crippen LogP contribution in [0.5, 0.6) is 0 Å². The van der Waals surface area contributed by atoms with Gasteiger partial charge in [-0.15, -0.1) is 0 Å².